The topological polar surface area (TPSA) is 70.2 Å². The molecule has 1 aliphatic rings. The average molecular weight is 183 g/mol. The van der Waals surface area contributed by atoms with E-state index in [2.05, 4.69) is 22.5 Å². The summed E-state index contributed by atoms with van der Waals surface area (Å²) >= 11 is 0. The van der Waals surface area contributed by atoms with E-state index in [-0.39, 0.29) is 11.9 Å². The molecule has 0 aliphatic carbocycles. The van der Waals surface area contributed by atoms with Gasteiger partial charge in [-0.05, 0) is 6.92 Å². The van der Waals surface area contributed by atoms with Crippen molar-refractivity contribution in [1.29, 1.82) is 0 Å². The molecule has 5 heteroatoms. The molecule has 72 valence electrons. The van der Waals surface area contributed by atoms with Crippen LogP contribution in [0.1, 0.15) is 6.92 Å². The molecule has 0 aromatic rings. The molecule has 0 radical (unpaired) electrons. The number of amides is 3. The van der Waals surface area contributed by atoms with Crippen LogP contribution in [0.5, 0.6) is 0 Å². The first-order chi connectivity index (χ1) is 6.09. The van der Waals surface area contributed by atoms with E-state index < -0.39 is 6.04 Å². The van der Waals surface area contributed by atoms with Crippen LogP contribution in [-0.4, -0.2) is 31.1 Å². The molecule has 0 aromatic heterocycles. The summed E-state index contributed by atoms with van der Waals surface area (Å²) in [6.45, 7) is 6.27. The maximum Gasteiger partial charge on any atom is 0.315 e. The van der Waals surface area contributed by atoms with Crippen LogP contribution in [0.4, 0.5) is 4.79 Å². The molecule has 3 N–H and O–H groups in total. The lowest BCUT2D eigenvalue weighted by Gasteiger charge is -2.09. The molecule has 13 heavy (non-hydrogen) atoms. The van der Waals surface area contributed by atoms with Gasteiger partial charge in [-0.1, -0.05) is 12.2 Å². The fourth-order valence-corrected chi connectivity index (χ4v) is 0.975. The first-order valence-corrected chi connectivity index (χ1v) is 4.06. The second-order valence-corrected chi connectivity index (χ2v) is 3.08. The van der Waals surface area contributed by atoms with Crippen LogP contribution >= 0.6 is 0 Å². The molecule has 0 bridgehead atoms. The summed E-state index contributed by atoms with van der Waals surface area (Å²) < 4.78 is 0. The number of urea groups is 1. The van der Waals surface area contributed by atoms with E-state index in [1.54, 1.807) is 0 Å². The van der Waals surface area contributed by atoms with E-state index in [1.807, 2.05) is 6.92 Å². The molecule has 3 amide bonds. The molecular weight excluding hydrogens is 170 g/mol. The molecule has 1 aliphatic heterocycles. The molecule has 0 saturated carbocycles. The monoisotopic (exact) mass is 183 g/mol. The lowest BCUT2D eigenvalue weighted by atomic mass is 10.3. The minimum absolute atomic E-state index is 0.179. The van der Waals surface area contributed by atoms with Gasteiger partial charge >= 0.3 is 6.03 Å². The number of rotatable bonds is 3. The van der Waals surface area contributed by atoms with E-state index in [1.165, 1.54) is 0 Å². The van der Waals surface area contributed by atoms with Crippen LogP contribution in [0.2, 0.25) is 0 Å². The largest absolute Gasteiger partial charge is 0.351 e. The van der Waals surface area contributed by atoms with Crippen LogP contribution in [-0.2, 0) is 4.79 Å². The molecule has 0 unspecified atom stereocenters. The zero-order chi connectivity index (χ0) is 9.84. The average Bonchev–Trinajstić information content (AvgIpc) is 2.47. The summed E-state index contributed by atoms with van der Waals surface area (Å²) in [5, 5.41) is 7.64. The molecule has 1 saturated heterocycles. The summed E-state index contributed by atoms with van der Waals surface area (Å²) in [5.74, 6) is -0.179. The Kier molecular flexibility index (Phi) is 2.89. The molecule has 1 rings (SSSR count). The molecule has 1 fully saturated rings. The van der Waals surface area contributed by atoms with E-state index in [9.17, 15) is 9.59 Å². The summed E-state index contributed by atoms with van der Waals surface area (Å²) in [5.41, 5.74) is 0.880. The van der Waals surface area contributed by atoms with E-state index in [4.69, 9.17) is 0 Å². The first-order valence-electron chi connectivity index (χ1n) is 4.06. The SMILES string of the molecule is C=C(C)CNC(=O)[C@@H]1CNC(=O)N1. The van der Waals surface area contributed by atoms with Gasteiger partial charge in [0.2, 0.25) is 5.91 Å². The van der Waals surface area contributed by atoms with Gasteiger partial charge in [0.1, 0.15) is 6.04 Å². The van der Waals surface area contributed by atoms with Crippen LogP contribution in [0.3, 0.4) is 0 Å². The van der Waals surface area contributed by atoms with E-state index in [0.29, 0.717) is 13.1 Å². The molecule has 0 spiro atoms. The number of nitrogens with one attached hydrogen (secondary N) is 3. The van der Waals surface area contributed by atoms with Crippen LogP contribution in [0.25, 0.3) is 0 Å². The van der Waals surface area contributed by atoms with Crippen molar-refractivity contribution in [3.8, 4) is 0 Å². The molecule has 5 nitrogen and oxygen atoms in total. The highest BCUT2D eigenvalue weighted by atomic mass is 16.2. The fourth-order valence-electron chi connectivity index (χ4n) is 0.975. The van der Waals surface area contributed by atoms with Crippen molar-refractivity contribution in [2.75, 3.05) is 13.1 Å². The second kappa shape index (κ2) is 3.93. The van der Waals surface area contributed by atoms with Gasteiger partial charge in [0.25, 0.3) is 0 Å². The fraction of sp³-hybridized carbons (Fsp3) is 0.500. The van der Waals surface area contributed by atoms with Crippen molar-refractivity contribution in [3.63, 3.8) is 0 Å². The highest BCUT2D eigenvalue weighted by Crippen LogP contribution is 1.91. The summed E-state index contributed by atoms with van der Waals surface area (Å²) in [7, 11) is 0. The molecular formula is C8H13N3O2. The Morgan fingerprint density at radius 2 is 2.46 bits per heavy atom. The molecule has 1 atom stereocenters. The number of hydrogen-bond donors (Lipinski definition) is 3. The van der Waals surface area contributed by atoms with Crippen LogP contribution in [0, 0.1) is 0 Å². The van der Waals surface area contributed by atoms with Crippen molar-refractivity contribution >= 4 is 11.9 Å². The third-order valence-electron chi connectivity index (χ3n) is 1.65. The standard InChI is InChI=1S/C8H13N3O2/c1-5(2)3-9-7(12)6-4-10-8(13)11-6/h6H,1,3-4H2,2H3,(H,9,12)(H2,10,11,13)/t6-/m0/s1. The van der Waals surface area contributed by atoms with Crippen molar-refractivity contribution in [1.82, 2.24) is 16.0 Å². The summed E-state index contributed by atoms with van der Waals surface area (Å²) in [4.78, 5) is 22.0. The third kappa shape index (κ3) is 2.77. The van der Waals surface area contributed by atoms with Gasteiger partial charge in [0, 0.05) is 13.1 Å². The molecule has 1 heterocycles. The van der Waals surface area contributed by atoms with Crippen LogP contribution in [0.15, 0.2) is 12.2 Å². The minimum Gasteiger partial charge on any atom is -0.351 e. The van der Waals surface area contributed by atoms with Gasteiger partial charge < -0.3 is 16.0 Å². The van der Waals surface area contributed by atoms with Crippen LogP contribution < -0.4 is 16.0 Å². The zero-order valence-corrected chi connectivity index (χ0v) is 7.52. The van der Waals surface area contributed by atoms with Gasteiger partial charge in [-0.25, -0.2) is 4.79 Å². The van der Waals surface area contributed by atoms with Crippen molar-refractivity contribution < 1.29 is 9.59 Å². The quantitative estimate of drug-likeness (QED) is 0.509. The Bertz CT molecular complexity index is 250. The van der Waals surface area contributed by atoms with E-state index in [0.717, 1.165) is 5.57 Å². The highest BCUT2D eigenvalue weighted by Gasteiger charge is 2.25. The Balaban J connectivity index is 2.31. The number of hydrogen-bond acceptors (Lipinski definition) is 2. The van der Waals surface area contributed by atoms with E-state index >= 15 is 0 Å². The normalized spacial score (nSPS) is 20.4. The van der Waals surface area contributed by atoms with Gasteiger partial charge in [0.15, 0.2) is 0 Å². The Morgan fingerprint density at radius 1 is 1.77 bits per heavy atom. The van der Waals surface area contributed by atoms with Crippen molar-refractivity contribution in [3.05, 3.63) is 12.2 Å². The van der Waals surface area contributed by atoms with Gasteiger partial charge in [-0.15, -0.1) is 0 Å². The summed E-state index contributed by atoms with van der Waals surface area (Å²) in [6.07, 6.45) is 0. The molecule has 0 aromatic carbocycles. The maximum atomic E-state index is 11.3. The van der Waals surface area contributed by atoms with Gasteiger partial charge in [0.05, 0.1) is 0 Å². The number of carbonyl (C=O) groups is 2. The zero-order valence-electron chi connectivity index (χ0n) is 7.52. The Labute approximate surface area is 76.6 Å². The van der Waals surface area contributed by atoms with Crippen molar-refractivity contribution in [2.45, 2.75) is 13.0 Å². The Morgan fingerprint density at radius 3 is 2.92 bits per heavy atom. The number of carbonyl (C=O) groups excluding carboxylic acids is 2. The first kappa shape index (κ1) is 9.57. The lowest BCUT2D eigenvalue weighted by Crippen LogP contribution is -2.43. The predicted molar refractivity (Wildman–Crippen MR) is 48.1 cm³/mol. The predicted octanol–water partition coefficient (Wildman–Crippen LogP) is -0.640. The minimum atomic E-state index is -0.452. The smallest absolute Gasteiger partial charge is 0.315 e. The van der Waals surface area contributed by atoms with Gasteiger partial charge in [-0.2, -0.15) is 0 Å². The third-order valence-corrected chi connectivity index (χ3v) is 1.65. The van der Waals surface area contributed by atoms with Crippen molar-refractivity contribution in [2.24, 2.45) is 0 Å². The highest BCUT2D eigenvalue weighted by molar-refractivity contribution is 5.90. The van der Waals surface area contributed by atoms with Gasteiger partial charge in [-0.3, -0.25) is 4.79 Å². The lowest BCUT2D eigenvalue weighted by molar-refractivity contribution is -0.122. The maximum absolute atomic E-state index is 11.3. The summed E-state index contributed by atoms with van der Waals surface area (Å²) in [6, 6.07) is -0.748. The Hall–Kier alpha value is -1.52. The second-order valence-electron chi connectivity index (χ2n) is 3.08.